The lowest BCUT2D eigenvalue weighted by Gasteiger charge is -2.19. The number of nitrogens with one attached hydrogen (secondary N) is 1. The standard InChI is InChI=1S/C17H20N2O4/c20-16-8-12(10-19(16)13-2-3-13)17(21)18-9-11-1-4-14-15(7-11)23-6-5-22-14/h1,4,7,12-13H,2-3,5-6,8-10H2,(H,18,21)/t12-/m1/s1. The van der Waals surface area contributed by atoms with Crippen molar-refractivity contribution in [1.82, 2.24) is 10.2 Å². The average molecular weight is 316 g/mol. The highest BCUT2D eigenvalue weighted by atomic mass is 16.6. The van der Waals surface area contributed by atoms with Crippen LogP contribution in [-0.2, 0) is 16.1 Å². The molecule has 23 heavy (non-hydrogen) atoms. The Morgan fingerprint density at radius 3 is 2.78 bits per heavy atom. The third-order valence-corrected chi connectivity index (χ3v) is 4.59. The second-order valence-corrected chi connectivity index (χ2v) is 6.37. The third-order valence-electron chi connectivity index (χ3n) is 4.59. The zero-order chi connectivity index (χ0) is 15.8. The molecule has 2 fully saturated rings. The highest BCUT2D eigenvalue weighted by molar-refractivity contribution is 5.89. The first-order valence-corrected chi connectivity index (χ1v) is 8.16. The molecule has 6 heteroatoms. The second-order valence-electron chi connectivity index (χ2n) is 6.37. The van der Waals surface area contributed by atoms with E-state index in [9.17, 15) is 9.59 Å². The fourth-order valence-electron chi connectivity index (χ4n) is 3.18. The first-order valence-electron chi connectivity index (χ1n) is 8.16. The highest BCUT2D eigenvalue weighted by Gasteiger charge is 2.41. The molecule has 1 saturated carbocycles. The van der Waals surface area contributed by atoms with Gasteiger partial charge >= 0.3 is 0 Å². The quantitative estimate of drug-likeness (QED) is 0.903. The number of benzene rings is 1. The van der Waals surface area contributed by atoms with Gasteiger partial charge in [-0.3, -0.25) is 9.59 Å². The second kappa shape index (κ2) is 5.76. The van der Waals surface area contributed by atoms with Gasteiger partial charge in [0.05, 0.1) is 5.92 Å². The summed E-state index contributed by atoms with van der Waals surface area (Å²) in [5.41, 5.74) is 0.964. The van der Waals surface area contributed by atoms with Crippen molar-refractivity contribution in [2.75, 3.05) is 19.8 Å². The molecule has 0 unspecified atom stereocenters. The van der Waals surface area contributed by atoms with Gasteiger partial charge in [0, 0.05) is 25.6 Å². The topological polar surface area (TPSA) is 67.9 Å². The molecule has 1 aliphatic carbocycles. The molecule has 0 radical (unpaired) electrons. The zero-order valence-electron chi connectivity index (χ0n) is 12.9. The lowest BCUT2D eigenvalue weighted by Crippen LogP contribution is -2.33. The molecule has 6 nitrogen and oxygen atoms in total. The van der Waals surface area contributed by atoms with Crippen molar-refractivity contribution in [1.29, 1.82) is 0 Å². The number of carbonyl (C=O) groups excluding carboxylic acids is 2. The van der Waals surface area contributed by atoms with Gasteiger partial charge in [-0.05, 0) is 30.5 Å². The molecule has 0 bridgehead atoms. The Bertz CT molecular complexity index is 641. The van der Waals surface area contributed by atoms with E-state index in [4.69, 9.17) is 9.47 Å². The predicted molar refractivity (Wildman–Crippen MR) is 82.1 cm³/mol. The fraction of sp³-hybridized carbons (Fsp3) is 0.529. The van der Waals surface area contributed by atoms with Crippen molar-refractivity contribution in [3.05, 3.63) is 23.8 Å². The molecule has 1 aromatic rings. The van der Waals surface area contributed by atoms with E-state index in [1.165, 1.54) is 0 Å². The van der Waals surface area contributed by atoms with Gasteiger partial charge in [-0.2, -0.15) is 0 Å². The molecule has 2 aliphatic heterocycles. The summed E-state index contributed by atoms with van der Waals surface area (Å²) in [4.78, 5) is 26.1. The van der Waals surface area contributed by atoms with Gasteiger partial charge in [-0.25, -0.2) is 0 Å². The number of likely N-dealkylation sites (tertiary alicyclic amines) is 1. The van der Waals surface area contributed by atoms with Crippen LogP contribution in [0.1, 0.15) is 24.8 Å². The van der Waals surface area contributed by atoms with Crippen LogP contribution in [0.3, 0.4) is 0 Å². The van der Waals surface area contributed by atoms with Crippen LogP contribution in [0, 0.1) is 5.92 Å². The summed E-state index contributed by atoms with van der Waals surface area (Å²) in [6, 6.07) is 6.07. The van der Waals surface area contributed by atoms with Crippen LogP contribution in [0.15, 0.2) is 18.2 Å². The van der Waals surface area contributed by atoms with Gasteiger partial charge in [-0.1, -0.05) is 6.07 Å². The van der Waals surface area contributed by atoms with E-state index >= 15 is 0 Å². The van der Waals surface area contributed by atoms with Crippen LogP contribution in [0.25, 0.3) is 0 Å². The lowest BCUT2D eigenvalue weighted by molar-refractivity contribution is -0.129. The summed E-state index contributed by atoms with van der Waals surface area (Å²) < 4.78 is 11.0. The van der Waals surface area contributed by atoms with Crippen molar-refractivity contribution < 1.29 is 19.1 Å². The average Bonchev–Trinajstić information content (AvgIpc) is 3.34. The number of fused-ring (bicyclic) bond motifs is 1. The van der Waals surface area contributed by atoms with Crippen molar-refractivity contribution in [2.24, 2.45) is 5.92 Å². The van der Waals surface area contributed by atoms with E-state index in [-0.39, 0.29) is 17.7 Å². The molecule has 3 aliphatic rings. The van der Waals surface area contributed by atoms with Crippen LogP contribution in [0.4, 0.5) is 0 Å². The Balaban J connectivity index is 1.34. The Morgan fingerprint density at radius 2 is 2.00 bits per heavy atom. The summed E-state index contributed by atoms with van der Waals surface area (Å²) in [6.45, 7) is 2.11. The number of hydrogen-bond donors (Lipinski definition) is 1. The molecule has 122 valence electrons. The molecular weight excluding hydrogens is 296 g/mol. The molecule has 1 N–H and O–H groups in total. The molecule has 2 heterocycles. The van der Waals surface area contributed by atoms with Gasteiger partial charge in [0.1, 0.15) is 13.2 Å². The van der Waals surface area contributed by atoms with Crippen LogP contribution in [0.5, 0.6) is 11.5 Å². The van der Waals surface area contributed by atoms with Gasteiger partial charge in [0.2, 0.25) is 11.8 Å². The van der Waals surface area contributed by atoms with Crippen LogP contribution in [0.2, 0.25) is 0 Å². The Labute approximate surface area is 134 Å². The van der Waals surface area contributed by atoms with E-state index in [0.717, 1.165) is 29.9 Å². The SMILES string of the molecule is O=C(NCc1ccc2c(c1)OCCO2)[C@@H]1CC(=O)N(C2CC2)C1. The van der Waals surface area contributed by atoms with Gasteiger partial charge in [0.15, 0.2) is 11.5 Å². The number of carbonyl (C=O) groups is 2. The summed E-state index contributed by atoms with van der Waals surface area (Å²) in [6.07, 6.45) is 2.50. The molecule has 0 aromatic heterocycles. The van der Waals surface area contributed by atoms with E-state index < -0.39 is 0 Å². The Kier molecular flexibility index (Phi) is 3.59. The summed E-state index contributed by atoms with van der Waals surface area (Å²) >= 11 is 0. The van der Waals surface area contributed by atoms with Crippen LogP contribution in [-0.4, -0.2) is 42.5 Å². The molecular formula is C17H20N2O4. The Morgan fingerprint density at radius 1 is 1.22 bits per heavy atom. The molecule has 1 aromatic carbocycles. The first kappa shape index (κ1) is 14.4. The monoisotopic (exact) mass is 316 g/mol. The van der Waals surface area contributed by atoms with E-state index in [0.29, 0.717) is 38.8 Å². The summed E-state index contributed by atoms with van der Waals surface area (Å²) in [7, 11) is 0. The predicted octanol–water partition coefficient (Wildman–Crippen LogP) is 1.08. The van der Waals surface area contributed by atoms with Crippen molar-refractivity contribution >= 4 is 11.8 Å². The van der Waals surface area contributed by atoms with Gasteiger partial charge < -0.3 is 19.7 Å². The fourth-order valence-corrected chi connectivity index (χ4v) is 3.18. The van der Waals surface area contributed by atoms with E-state index in [1.54, 1.807) is 0 Å². The molecule has 4 rings (SSSR count). The lowest BCUT2D eigenvalue weighted by atomic mass is 10.1. The maximum absolute atomic E-state index is 12.3. The van der Waals surface area contributed by atoms with E-state index in [2.05, 4.69) is 5.32 Å². The first-order chi connectivity index (χ1) is 11.2. The van der Waals surface area contributed by atoms with E-state index in [1.807, 2.05) is 23.1 Å². The number of hydrogen-bond acceptors (Lipinski definition) is 4. The van der Waals surface area contributed by atoms with Crippen LogP contribution < -0.4 is 14.8 Å². The minimum atomic E-state index is -0.222. The number of rotatable bonds is 4. The smallest absolute Gasteiger partial charge is 0.225 e. The normalized spacial score (nSPS) is 23.0. The third kappa shape index (κ3) is 2.98. The summed E-state index contributed by atoms with van der Waals surface area (Å²) in [5, 5.41) is 2.93. The number of amides is 2. The minimum Gasteiger partial charge on any atom is -0.486 e. The minimum absolute atomic E-state index is 0.0450. The molecule has 1 atom stereocenters. The van der Waals surface area contributed by atoms with Crippen molar-refractivity contribution in [3.8, 4) is 11.5 Å². The zero-order valence-corrected chi connectivity index (χ0v) is 12.9. The van der Waals surface area contributed by atoms with Gasteiger partial charge in [-0.15, -0.1) is 0 Å². The van der Waals surface area contributed by atoms with Gasteiger partial charge in [0.25, 0.3) is 0 Å². The number of ether oxygens (including phenoxy) is 2. The van der Waals surface area contributed by atoms with Crippen molar-refractivity contribution in [2.45, 2.75) is 31.8 Å². The maximum atomic E-state index is 12.3. The molecule has 0 spiro atoms. The molecule has 1 saturated heterocycles. The maximum Gasteiger partial charge on any atom is 0.225 e. The van der Waals surface area contributed by atoms with Crippen molar-refractivity contribution in [3.63, 3.8) is 0 Å². The van der Waals surface area contributed by atoms with Crippen LogP contribution >= 0.6 is 0 Å². The number of nitrogens with zero attached hydrogens (tertiary/aromatic N) is 1. The Hall–Kier alpha value is -2.24. The largest absolute Gasteiger partial charge is 0.486 e. The highest BCUT2D eigenvalue weighted by Crippen LogP contribution is 2.33. The molecule has 2 amide bonds. The summed E-state index contributed by atoms with van der Waals surface area (Å²) in [5.74, 6) is 1.32.